The Kier molecular flexibility index (Phi) is 4.48. The third kappa shape index (κ3) is 4.97. The predicted octanol–water partition coefficient (Wildman–Crippen LogP) is -0.238. The van der Waals surface area contributed by atoms with E-state index in [-0.39, 0.29) is 10.7 Å². The average Bonchev–Trinajstić information content (AvgIpc) is 1.89. The summed E-state index contributed by atoms with van der Waals surface area (Å²) in [6, 6.07) is -0.326. The molecule has 0 aliphatic carbocycles. The van der Waals surface area contributed by atoms with Gasteiger partial charge in [0.05, 0.1) is 0 Å². The van der Waals surface area contributed by atoms with Crippen LogP contribution in [0.3, 0.4) is 0 Å². The molecule has 4 heteroatoms. The minimum atomic E-state index is -0.326. The second kappa shape index (κ2) is 5.30. The molecule has 0 heterocycles. The standard InChI is InChI=1S/C5H10NOSSe/c1-8-3-2-4(6)5(7)9/h4H,2-3,6H2,1H3/t4-/m0/s1/i/hD. The molecule has 0 spiro atoms. The molecule has 0 saturated heterocycles. The van der Waals surface area contributed by atoms with Crippen molar-refractivity contribution < 1.29 is 6.21 Å². The van der Waals surface area contributed by atoms with Crippen LogP contribution in [0.15, 0.2) is 0 Å². The van der Waals surface area contributed by atoms with Crippen molar-refractivity contribution in [3.05, 3.63) is 0 Å². The topological polar surface area (TPSA) is 43.1 Å². The van der Waals surface area contributed by atoms with Gasteiger partial charge in [-0.1, -0.05) is 0 Å². The number of nitrogens with two attached hydrogens (primary N) is 1. The van der Waals surface area contributed by atoms with Crippen LogP contribution in [0.4, 0.5) is 0 Å². The summed E-state index contributed by atoms with van der Waals surface area (Å²) in [5, 5.41) is 0. The molecule has 0 aliphatic heterocycles. The van der Waals surface area contributed by atoms with Crippen LogP contribution in [0.25, 0.3) is 0 Å². The van der Waals surface area contributed by atoms with Gasteiger partial charge in [0.25, 0.3) is 0 Å². The summed E-state index contributed by atoms with van der Waals surface area (Å²) in [7, 11) is 0. The molecule has 0 fully saturated rings. The Bertz CT molecular complexity index is 114. The molecule has 0 bridgehead atoms. The number of carbonyl (C=O) groups is 1. The van der Waals surface area contributed by atoms with Crippen molar-refractivity contribution >= 4 is 32.5 Å². The molecule has 0 aromatic rings. The zero-order valence-corrected chi connectivity index (χ0v) is 7.75. The van der Waals surface area contributed by atoms with Crippen LogP contribution in [0, 0.1) is 0 Å². The van der Waals surface area contributed by atoms with Crippen molar-refractivity contribution in [2.24, 2.45) is 5.73 Å². The van der Waals surface area contributed by atoms with Gasteiger partial charge in [-0.05, 0) is 0 Å². The second-order valence-electron chi connectivity index (χ2n) is 1.65. The molecule has 53 valence electrons. The Balaban J connectivity index is 3.50. The fourth-order valence-electron chi connectivity index (χ4n) is 0.354. The van der Waals surface area contributed by atoms with Crippen LogP contribution >= 0.6 is 11.8 Å². The van der Waals surface area contributed by atoms with Gasteiger partial charge in [-0.2, -0.15) is 0 Å². The minimum absolute atomic E-state index is 0.0796. The summed E-state index contributed by atoms with van der Waals surface area (Å²) < 4.78 is 6.69. The van der Waals surface area contributed by atoms with Crippen molar-refractivity contribution in [3.8, 4) is 0 Å². The van der Waals surface area contributed by atoms with Gasteiger partial charge in [0.15, 0.2) is 0 Å². The SMILES string of the molecule is [2H]N[C@@H](CCSC)C(=O)[Se]. The van der Waals surface area contributed by atoms with Crippen molar-refractivity contribution in [2.45, 2.75) is 12.5 Å². The first-order valence-corrected chi connectivity index (χ1v) is 4.84. The van der Waals surface area contributed by atoms with Crippen LogP contribution in [-0.2, 0) is 4.79 Å². The fourth-order valence-corrected chi connectivity index (χ4v) is 1.07. The first-order valence-electron chi connectivity index (χ1n) is 3.09. The molecule has 0 aromatic carbocycles. The molecule has 0 unspecified atom stereocenters. The number of hydrogen-bond acceptors (Lipinski definition) is 3. The summed E-state index contributed by atoms with van der Waals surface area (Å²) in [5.74, 6) is 0.907. The first kappa shape index (κ1) is 7.60. The van der Waals surface area contributed by atoms with E-state index in [1.165, 1.54) is 0 Å². The third-order valence-corrected chi connectivity index (χ3v) is 2.14. The van der Waals surface area contributed by atoms with Gasteiger partial charge in [0.2, 0.25) is 0 Å². The molecule has 0 rings (SSSR count). The van der Waals surface area contributed by atoms with Crippen molar-refractivity contribution in [2.75, 3.05) is 12.0 Å². The zero-order valence-electron chi connectivity index (χ0n) is 6.22. The molecule has 2 nitrogen and oxygen atoms in total. The monoisotopic (exact) mass is 213 g/mol. The molecule has 0 saturated carbocycles. The van der Waals surface area contributed by atoms with Crippen molar-refractivity contribution in [3.63, 3.8) is 0 Å². The van der Waals surface area contributed by atoms with E-state index < -0.39 is 0 Å². The normalized spacial score (nSPS) is 14.6. The molecule has 0 aliphatic rings. The average molecular weight is 212 g/mol. The Labute approximate surface area is 69.2 Å². The van der Waals surface area contributed by atoms with Crippen LogP contribution < -0.4 is 5.73 Å². The van der Waals surface area contributed by atoms with Gasteiger partial charge < -0.3 is 0 Å². The van der Waals surface area contributed by atoms with Crippen LogP contribution in [-0.4, -0.2) is 38.7 Å². The molecular formula is C5H10NOSSe. The maximum absolute atomic E-state index is 10.6. The van der Waals surface area contributed by atoms with Crippen molar-refractivity contribution in [1.82, 2.24) is 0 Å². The number of hydrogen-bond donors (Lipinski definition) is 1. The van der Waals surface area contributed by atoms with Gasteiger partial charge >= 0.3 is 68.9 Å². The molecule has 1 atom stereocenters. The molecule has 0 amide bonds. The number of rotatable bonds is 5. The zero-order chi connectivity index (χ0) is 7.98. The third-order valence-electron chi connectivity index (χ3n) is 0.895. The predicted molar refractivity (Wildman–Crippen MR) is 41.7 cm³/mol. The Hall–Kier alpha value is 0.499. The Morgan fingerprint density at radius 3 is 3.11 bits per heavy atom. The van der Waals surface area contributed by atoms with Gasteiger partial charge in [-0.3, -0.25) is 0 Å². The van der Waals surface area contributed by atoms with Gasteiger partial charge in [0, 0.05) is 0 Å². The van der Waals surface area contributed by atoms with E-state index in [0.717, 1.165) is 12.2 Å². The van der Waals surface area contributed by atoms with E-state index in [9.17, 15) is 4.79 Å². The molecule has 2 N–H and O–H groups in total. The van der Waals surface area contributed by atoms with Crippen LogP contribution in [0.5, 0.6) is 0 Å². The van der Waals surface area contributed by atoms with E-state index in [0.29, 0.717) is 0 Å². The first-order chi connectivity index (χ1) is 4.72. The number of thioether (sulfide) groups is 1. The van der Waals surface area contributed by atoms with E-state index in [1.807, 2.05) is 6.26 Å². The van der Waals surface area contributed by atoms with Gasteiger partial charge in [-0.25, -0.2) is 0 Å². The van der Waals surface area contributed by atoms with Crippen LogP contribution in [0.2, 0.25) is 1.41 Å². The second-order valence-corrected chi connectivity index (χ2v) is 3.48. The van der Waals surface area contributed by atoms with E-state index in [2.05, 4.69) is 21.7 Å². The quantitative estimate of drug-likeness (QED) is 0.640. The Morgan fingerprint density at radius 1 is 2.11 bits per heavy atom. The molecular weight excluding hydrogens is 201 g/mol. The summed E-state index contributed by atoms with van der Waals surface area (Å²) in [6.07, 6.45) is 2.70. The fraction of sp³-hybridized carbons (Fsp3) is 0.800. The van der Waals surface area contributed by atoms with Crippen molar-refractivity contribution in [1.29, 1.82) is 0 Å². The maximum atomic E-state index is 10.6. The van der Waals surface area contributed by atoms with E-state index in [1.54, 1.807) is 11.8 Å². The van der Waals surface area contributed by atoms with Gasteiger partial charge in [0.1, 0.15) is 0 Å². The van der Waals surface area contributed by atoms with Crippen LogP contribution in [0.1, 0.15) is 6.42 Å². The number of carbonyl (C=O) groups excluding carboxylic acids is 1. The summed E-state index contributed by atoms with van der Waals surface area (Å²) in [4.78, 5) is 10.6. The molecule has 9 heavy (non-hydrogen) atoms. The summed E-state index contributed by atoms with van der Waals surface area (Å²) >= 11 is 4.04. The molecule has 0 aromatic heterocycles. The van der Waals surface area contributed by atoms with Gasteiger partial charge in [-0.15, -0.1) is 0 Å². The molecule has 1 radical (unpaired) electrons. The summed E-state index contributed by atoms with van der Waals surface area (Å²) in [5.41, 5.74) is 2.19. The van der Waals surface area contributed by atoms with E-state index >= 15 is 0 Å². The Morgan fingerprint density at radius 2 is 2.78 bits per heavy atom. The van der Waals surface area contributed by atoms with E-state index in [4.69, 9.17) is 1.41 Å². The summed E-state index contributed by atoms with van der Waals surface area (Å²) in [6.45, 7) is 0.